The summed E-state index contributed by atoms with van der Waals surface area (Å²) in [5.41, 5.74) is 1.76. The van der Waals surface area contributed by atoms with Crippen LogP contribution in [0.3, 0.4) is 0 Å². The Hall–Kier alpha value is -2.23. The molecule has 0 radical (unpaired) electrons. The van der Waals surface area contributed by atoms with E-state index in [1.54, 1.807) is 0 Å². The number of aromatic nitrogens is 2. The SMILES string of the molecule is N#CCC=S1C=Cc2cc(Nc3nc(Cl)ncc3F)ccc21. The number of hydrogen-bond donors (Lipinski definition) is 1. The maximum absolute atomic E-state index is 13.6. The molecule has 1 aromatic heterocycles. The molecule has 2 heterocycles. The van der Waals surface area contributed by atoms with Crippen molar-refractivity contribution >= 4 is 45.0 Å². The number of nitrogens with one attached hydrogen (secondary N) is 1. The average Bonchev–Trinajstić information content (AvgIpc) is 2.91. The van der Waals surface area contributed by atoms with E-state index in [0.717, 1.165) is 16.7 Å². The molecule has 0 fully saturated rings. The van der Waals surface area contributed by atoms with Crippen LogP contribution in [-0.2, 0) is 0 Å². The highest BCUT2D eigenvalue weighted by Gasteiger charge is 2.11. The van der Waals surface area contributed by atoms with Crippen molar-refractivity contribution in [2.75, 3.05) is 5.32 Å². The number of nitrogens with zero attached hydrogens (tertiary/aromatic N) is 3. The molecule has 0 saturated heterocycles. The minimum absolute atomic E-state index is 0.0161. The molecule has 0 amide bonds. The van der Waals surface area contributed by atoms with Gasteiger partial charge in [-0.2, -0.15) is 10.2 Å². The number of halogens is 2. The first-order chi connectivity index (χ1) is 10.7. The molecule has 1 aliphatic heterocycles. The number of hydrogen-bond acceptors (Lipinski definition) is 4. The molecule has 1 N–H and O–H groups in total. The van der Waals surface area contributed by atoms with Gasteiger partial charge in [0.1, 0.15) is 0 Å². The number of anilines is 2. The maximum atomic E-state index is 13.6. The normalized spacial score (nSPS) is 15.6. The number of benzene rings is 1. The molecule has 0 saturated carbocycles. The summed E-state index contributed by atoms with van der Waals surface area (Å²) in [6, 6.07) is 7.85. The van der Waals surface area contributed by atoms with Gasteiger partial charge >= 0.3 is 0 Å². The van der Waals surface area contributed by atoms with Crippen molar-refractivity contribution in [3.8, 4) is 6.07 Å². The van der Waals surface area contributed by atoms with Crippen LogP contribution in [0, 0.1) is 17.1 Å². The van der Waals surface area contributed by atoms with Crippen LogP contribution >= 0.6 is 22.1 Å². The highest BCUT2D eigenvalue weighted by molar-refractivity contribution is 8.18. The standard InChI is InChI=1S/C15H10ClFN4S/c16-15-19-9-12(17)14(21-15)20-11-2-3-13-10(8-11)4-7-22(13)6-1-5-18/h2-4,6-9H,1H2,(H,19,20,21). The van der Waals surface area contributed by atoms with Gasteiger partial charge in [0.2, 0.25) is 5.28 Å². The van der Waals surface area contributed by atoms with Gasteiger partial charge in [-0.05, 0) is 52.2 Å². The summed E-state index contributed by atoms with van der Waals surface area (Å²) >= 11 is 5.68. The number of nitriles is 1. The Morgan fingerprint density at radius 1 is 1.45 bits per heavy atom. The van der Waals surface area contributed by atoms with Gasteiger partial charge in [0, 0.05) is 10.6 Å². The Balaban J connectivity index is 1.88. The summed E-state index contributed by atoms with van der Waals surface area (Å²) < 4.78 is 13.6. The first kappa shape index (κ1) is 14.7. The van der Waals surface area contributed by atoms with Crippen molar-refractivity contribution in [3.05, 3.63) is 46.5 Å². The van der Waals surface area contributed by atoms with Crippen LogP contribution in [0.2, 0.25) is 5.28 Å². The van der Waals surface area contributed by atoms with E-state index in [1.807, 2.05) is 29.6 Å². The van der Waals surface area contributed by atoms with Gasteiger partial charge < -0.3 is 5.32 Å². The Bertz CT molecular complexity index is 842. The first-order valence-electron chi connectivity index (χ1n) is 6.37. The van der Waals surface area contributed by atoms with E-state index in [4.69, 9.17) is 16.9 Å². The number of fused-ring (bicyclic) bond motifs is 1. The van der Waals surface area contributed by atoms with E-state index in [2.05, 4.69) is 26.8 Å². The molecule has 22 heavy (non-hydrogen) atoms. The van der Waals surface area contributed by atoms with Gasteiger partial charge in [0.25, 0.3) is 0 Å². The molecule has 4 nitrogen and oxygen atoms in total. The second kappa shape index (κ2) is 6.26. The fraction of sp³-hybridized carbons (Fsp3) is 0.0667. The molecule has 0 aliphatic carbocycles. The molecule has 0 spiro atoms. The topological polar surface area (TPSA) is 61.6 Å². The monoisotopic (exact) mass is 332 g/mol. The zero-order chi connectivity index (χ0) is 15.5. The highest BCUT2D eigenvalue weighted by atomic mass is 35.5. The van der Waals surface area contributed by atoms with Crippen LogP contribution < -0.4 is 5.32 Å². The minimum Gasteiger partial charge on any atom is -0.338 e. The van der Waals surface area contributed by atoms with Crippen molar-refractivity contribution in [1.82, 2.24) is 9.97 Å². The summed E-state index contributed by atoms with van der Waals surface area (Å²) in [6.45, 7) is 0. The summed E-state index contributed by atoms with van der Waals surface area (Å²) in [6.07, 6.45) is 3.44. The third kappa shape index (κ3) is 3.01. The smallest absolute Gasteiger partial charge is 0.224 e. The fourth-order valence-corrected chi connectivity index (χ4v) is 3.78. The largest absolute Gasteiger partial charge is 0.338 e. The molecular weight excluding hydrogens is 323 g/mol. The first-order valence-corrected chi connectivity index (χ1v) is 8.10. The zero-order valence-electron chi connectivity index (χ0n) is 11.3. The number of rotatable bonds is 3. The van der Waals surface area contributed by atoms with E-state index in [1.165, 1.54) is 0 Å². The molecule has 1 aliphatic rings. The summed E-state index contributed by atoms with van der Waals surface area (Å²) in [5, 5.41) is 15.6. The molecule has 1 aromatic carbocycles. The molecule has 1 unspecified atom stereocenters. The summed E-state index contributed by atoms with van der Waals surface area (Å²) in [4.78, 5) is 8.56. The van der Waals surface area contributed by atoms with Gasteiger partial charge in [-0.25, -0.2) is 9.37 Å². The fourth-order valence-electron chi connectivity index (χ4n) is 2.03. The Morgan fingerprint density at radius 2 is 2.32 bits per heavy atom. The average molecular weight is 333 g/mol. The summed E-state index contributed by atoms with van der Waals surface area (Å²) in [5.74, 6) is -0.528. The zero-order valence-corrected chi connectivity index (χ0v) is 12.8. The molecule has 110 valence electrons. The van der Waals surface area contributed by atoms with Crippen molar-refractivity contribution < 1.29 is 4.39 Å². The third-order valence-corrected chi connectivity index (χ3v) is 5.01. The van der Waals surface area contributed by atoms with Gasteiger partial charge in [0.15, 0.2) is 11.6 Å². The van der Waals surface area contributed by atoms with Crippen LogP contribution in [0.25, 0.3) is 6.08 Å². The van der Waals surface area contributed by atoms with Gasteiger partial charge in [0.05, 0.1) is 18.7 Å². The van der Waals surface area contributed by atoms with E-state index in [0.29, 0.717) is 12.1 Å². The lowest BCUT2D eigenvalue weighted by atomic mass is 10.2. The van der Waals surface area contributed by atoms with E-state index in [-0.39, 0.29) is 21.6 Å². The Morgan fingerprint density at radius 3 is 3.14 bits per heavy atom. The maximum Gasteiger partial charge on any atom is 0.224 e. The van der Waals surface area contributed by atoms with E-state index < -0.39 is 5.82 Å². The summed E-state index contributed by atoms with van der Waals surface area (Å²) in [7, 11) is -0.142. The molecule has 3 rings (SSSR count). The third-order valence-electron chi connectivity index (χ3n) is 2.99. The second-order valence-corrected chi connectivity index (χ2v) is 6.54. The quantitative estimate of drug-likeness (QED) is 0.671. The Kier molecular flexibility index (Phi) is 4.18. The van der Waals surface area contributed by atoms with Crippen LogP contribution in [0.4, 0.5) is 15.9 Å². The van der Waals surface area contributed by atoms with Gasteiger partial charge in [-0.15, -0.1) is 10.5 Å². The van der Waals surface area contributed by atoms with Crippen molar-refractivity contribution in [1.29, 1.82) is 5.26 Å². The lowest BCUT2D eigenvalue weighted by Gasteiger charge is -2.09. The van der Waals surface area contributed by atoms with E-state index >= 15 is 0 Å². The minimum atomic E-state index is -0.567. The van der Waals surface area contributed by atoms with Crippen LogP contribution in [0.1, 0.15) is 12.0 Å². The van der Waals surface area contributed by atoms with Crippen LogP contribution in [0.15, 0.2) is 34.7 Å². The van der Waals surface area contributed by atoms with Crippen molar-refractivity contribution in [2.24, 2.45) is 0 Å². The molecular formula is C15H10ClFN4S. The van der Waals surface area contributed by atoms with Gasteiger partial charge in [-0.3, -0.25) is 0 Å². The molecule has 0 bridgehead atoms. The highest BCUT2D eigenvalue weighted by Crippen LogP contribution is 2.39. The molecule has 7 heteroatoms. The van der Waals surface area contributed by atoms with Crippen LogP contribution in [-0.4, -0.2) is 15.3 Å². The molecule has 2 aromatic rings. The van der Waals surface area contributed by atoms with Crippen LogP contribution in [0.5, 0.6) is 0 Å². The van der Waals surface area contributed by atoms with E-state index in [9.17, 15) is 4.39 Å². The van der Waals surface area contributed by atoms with Gasteiger partial charge in [-0.1, -0.05) is 0 Å². The second-order valence-electron chi connectivity index (χ2n) is 4.42. The van der Waals surface area contributed by atoms with Crippen molar-refractivity contribution in [2.45, 2.75) is 11.3 Å². The van der Waals surface area contributed by atoms with Crippen molar-refractivity contribution in [3.63, 3.8) is 0 Å². The Labute approximate surface area is 134 Å². The predicted octanol–water partition coefficient (Wildman–Crippen LogP) is 4.34. The lowest BCUT2D eigenvalue weighted by Crippen LogP contribution is -1.99. The predicted molar refractivity (Wildman–Crippen MR) is 87.9 cm³/mol. The molecule has 1 atom stereocenters. The lowest BCUT2D eigenvalue weighted by molar-refractivity contribution is 0.619.